The van der Waals surface area contributed by atoms with Gasteiger partial charge in [-0.25, -0.2) is 9.37 Å². The Kier molecular flexibility index (Phi) is 3.27. The zero-order valence-corrected chi connectivity index (χ0v) is 9.48. The van der Waals surface area contributed by atoms with E-state index in [2.05, 4.69) is 10.3 Å². The Morgan fingerprint density at radius 3 is 2.94 bits per heavy atom. The maximum Gasteiger partial charge on any atom is 0.305 e. The monoisotopic (exact) mass is 249 g/mol. The summed E-state index contributed by atoms with van der Waals surface area (Å²) in [7, 11) is 0. The van der Waals surface area contributed by atoms with Crippen LogP contribution in [0.15, 0.2) is 24.4 Å². The number of hydrogen-bond acceptors (Lipinski definition) is 4. The number of nitrogens with one attached hydrogen (secondary N) is 1. The smallest absolute Gasteiger partial charge is 0.305 e. The van der Waals surface area contributed by atoms with Gasteiger partial charge in [-0.2, -0.15) is 0 Å². The molecule has 2 aromatic rings. The third-order valence-electron chi connectivity index (χ3n) is 2.51. The molecule has 0 spiro atoms. The fraction of sp³-hybridized carbons (Fsp3) is 0.167. The van der Waals surface area contributed by atoms with Gasteiger partial charge in [-0.15, -0.1) is 0 Å². The molecule has 0 atom stereocenters. The molecule has 0 radical (unpaired) electrons. The molecule has 0 unspecified atom stereocenters. The number of pyridine rings is 1. The second kappa shape index (κ2) is 4.87. The van der Waals surface area contributed by atoms with Gasteiger partial charge in [-0.05, 0) is 18.2 Å². The molecule has 94 valence electrons. The van der Waals surface area contributed by atoms with Crippen LogP contribution in [-0.4, -0.2) is 22.6 Å². The summed E-state index contributed by atoms with van der Waals surface area (Å²) >= 11 is 0. The number of hydrogen-bond donors (Lipinski definition) is 3. The number of nitrogens with two attached hydrogens (primary N) is 1. The highest BCUT2D eigenvalue weighted by atomic mass is 19.1. The number of aliphatic carboxylic acids is 1. The molecule has 1 aromatic heterocycles. The minimum atomic E-state index is -0.909. The molecular weight excluding hydrogens is 237 g/mol. The molecule has 18 heavy (non-hydrogen) atoms. The van der Waals surface area contributed by atoms with Crippen LogP contribution >= 0.6 is 0 Å². The van der Waals surface area contributed by atoms with Gasteiger partial charge in [0.25, 0.3) is 0 Å². The molecule has 0 saturated heterocycles. The number of nitrogens with zero attached hydrogens (tertiary/aromatic N) is 1. The van der Waals surface area contributed by atoms with Crippen LogP contribution in [-0.2, 0) is 4.79 Å². The molecular formula is C12H12FN3O2. The van der Waals surface area contributed by atoms with E-state index in [4.69, 9.17) is 10.8 Å². The lowest BCUT2D eigenvalue weighted by molar-refractivity contribution is -0.136. The predicted molar refractivity (Wildman–Crippen MR) is 66.9 cm³/mol. The number of benzene rings is 1. The van der Waals surface area contributed by atoms with Gasteiger partial charge >= 0.3 is 5.97 Å². The minimum Gasteiger partial charge on any atom is -0.481 e. The van der Waals surface area contributed by atoms with E-state index in [0.717, 1.165) is 0 Å². The zero-order valence-electron chi connectivity index (χ0n) is 9.48. The maximum atomic E-state index is 13.3. The van der Waals surface area contributed by atoms with Gasteiger partial charge in [0.05, 0.1) is 6.42 Å². The van der Waals surface area contributed by atoms with E-state index in [9.17, 15) is 9.18 Å². The van der Waals surface area contributed by atoms with Gasteiger partial charge in [0.1, 0.15) is 11.6 Å². The molecule has 0 aliphatic carbocycles. The van der Waals surface area contributed by atoms with Crippen molar-refractivity contribution in [2.45, 2.75) is 6.42 Å². The van der Waals surface area contributed by atoms with E-state index in [0.29, 0.717) is 22.3 Å². The van der Waals surface area contributed by atoms with Crippen molar-refractivity contribution >= 4 is 28.2 Å². The first-order chi connectivity index (χ1) is 8.58. The molecule has 1 aromatic carbocycles. The number of aromatic nitrogens is 1. The highest BCUT2D eigenvalue weighted by molar-refractivity contribution is 5.99. The molecule has 5 nitrogen and oxygen atoms in total. The summed E-state index contributed by atoms with van der Waals surface area (Å²) in [6, 6.07) is 4.25. The Morgan fingerprint density at radius 1 is 1.44 bits per heavy atom. The zero-order chi connectivity index (χ0) is 13.1. The minimum absolute atomic E-state index is 0.0388. The van der Waals surface area contributed by atoms with Gasteiger partial charge in [-0.3, -0.25) is 4.79 Å². The molecule has 0 bridgehead atoms. The second-order valence-corrected chi connectivity index (χ2v) is 3.82. The molecule has 0 saturated carbocycles. The van der Waals surface area contributed by atoms with Crippen LogP contribution < -0.4 is 11.1 Å². The van der Waals surface area contributed by atoms with Crippen molar-refractivity contribution in [3.63, 3.8) is 0 Å². The molecule has 1 heterocycles. The molecule has 0 aliphatic rings. The fourth-order valence-electron chi connectivity index (χ4n) is 1.71. The fourth-order valence-corrected chi connectivity index (χ4v) is 1.71. The molecule has 4 N–H and O–H groups in total. The number of anilines is 2. The average molecular weight is 249 g/mol. The summed E-state index contributed by atoms with van der Waals surface area (Å²) in [5.41, 5.74) is 6.04. The normalized spacial score (nSPS) is 10.5. The quantitative estimate of drug-likeness (QED) is 0.719. The van der Waals surface area contributed by atoms with Gasteiger partial charge < -0.3 is 16.2 Å². The molecule has 2 rings (SSSR count). The highest BCUT2D eigenvalue weighted by Crippen LogP contribution is 2.27. The van der Waals surface area contributed by atoms with Crippen molar-refractivity contribution in [2.24, 2.45) is 0 Å². The van der Waals surface area contributed by atoms with E-state index in [1.54, 1.807) is 12.3 Å². The maximum absolute atomic E-state index is 13.3. The number of fused-ring (bicyclic) bond motifs is 1. The van der Waals surface area contributed by atoms with E-state index >= 15 is 0 Å². The highest BCUT2D eigenvalue weighted by Gasteiger charge is 2.07. The topological polar surface area (TPSA) is 88.2 Å². The summed E-state index contributed by atoms with van der Waals surface area (Å²) < 4.78 is 13.3. The summed E-state index contributed by atoms with van der Waals surface area (Å²) in [6.45, 7) is 0.220. The Hall–Kier alpha value is -2.37. The predicted octanol–water partition coefficient (Wildman–Crippen LogP) is 1.84. The molecule has 0 fully saturated rings. The van der Waals surface area contributed by atoms with Crippen molar-refractivity contribution in [1.82, 2.24) is 4.98 Å². The summed E-state index contributed by atoms with van der Waals surface area (Å²) in [6.07, 6.45) is 1.50. The average Bonchev–Trinajstić information content (AvgIpc) is 2.29. The van der Waals surface area contributed by atoms with Crippen LogP contribution in [0.5, 0.6) is 0 Å². The lowest BCUT2D eigenvalue weighted by Crippen LogP contribution is -2.09. The number of carbonyl (C=O) groups is 1. The van der Waals surface area contributed by atoms with Crippen LogP contribution in [0.1, 0.15) is 6.42 Å². The number of rotatable bonds is 4. The van der Waals surface area contributed by atoms with Gasteiger partial charge in [-0.1, -0.05) is 0 Å². The van der Waals surface area contributed by atoms with Crippen LogP contribution in [0.4, 0.5) is 15.9 Å². The van der Waals surface area contributed by atoms with Crippen molar-refractivity contribution < 1.29 is 14.3 Å². The number of halogens is 1. The van der Waals surface area contributed by atoms with E-state index < -0.39 is 11.8 Å². The van der Waals surface area contributed by atoms with Crippen molar-refractivity contribution in [2.75, 3.05) is 17.6 Å². The SMILES string of the molecule is Nc1cc(F)cc2c(NCCC(=O)O)nccc12. The standard InChI is InChI=1S/C12H12FN3O2/c13-7-5-9-8(10(14)6-7)1-3-15-12(9)16-4-2-11(17)18/h1,3,5-6H,2,4,14H2,(H,15,16)(H,17,18). The Bertz CT molecular complexity index is 601. The van der Waals surface area contributed by atoms with Gasteiger partial charge in [0.15, 0.2) is 0 Å². The molecule has 0 aliphatic heterocycles. The van der Waals surface area contributed by atoms with Crippen LogP contribution in [0.25, 0.3) is 10.8 Å². The first kappa shape index (κ1) is 12.1. The Labute approximate surface area is 102 Å². The van der Waals surface area contributed by atoms with E-state index in [1.165, 1.54) is 12.1 Å². The lowest BCUT2D eigenvalue weighted by Gasteiger charge is -2.09. The van der Waals surface area contributed by atoms with Crippen LogP contribution in [0.3, 0.4) is 0 Å². The van der Waals surface area contributed by atoms with E-state index in [1.807, 2.05) is 0 Å². The summed E-state index contributed by atoms with van der Waals surface area (Å²) in [4.78, 5) is 14.5. The largest absolute Gasteiger partial charge is 0.481 e. The summed E-state index contributed by atoms with van der Waals surface area (Å²) in [5, 5.41) is 12.6. The van der Waals surface area contributed by atoms with Crippen molar-refractivity contribution in [3.8, 4) is 0 Å². The van der Waals surface area contributed by atoms with Crippen LogP contribution in [0, 0.1) is 5.82 Å². The Morgan fingerprint density at radius 2 is 2.22 bits per heavy atom. The lowest BCUT2D eigenvalue weighted by atomic mass is 10.1. The first-order valence-electron chi connectivity index (χ1n) is 5.37. The van der Waals surface area contributed by atoms with Gasteiger partial charge in [0.2, 0.25) is 0 Å². The number of nitrogen functional groups attached to an aromatic ring is 1. The molecule has 6 heteroatoms. The summed E-state index contributed by atoms with van der Waals surface area (Å²) in [5.74, 6) is -0.928. The number of carboxylic acids is 1. The van der Waals surface area contributed by atoms with Crippen LogP contribution in [0.2, 0.25) is 0 Å². The molecule has 0 amide bonds. The first-order valence-corrected chi connectivity index (χ1v) is 5.37. The third-order valence-corrected chi connectivity index (χ3v) is 2.51. The Balaban J connectivity index is 2.35. The second-order valence-electron chi connectivity index (χ2n) is 3.82. The van der Waals surface area contributed by atoms with E-state index in [-0.39, 0.29) is 13.0 Å². The van der Waals surface area contributed by atoms with Crippen molar-refractivity contribution in [3.05, 3.63) is 30.2 Å². The third kappa shape index (κ3) is 2.48. The number of carboxylic acid groups (broad SMARTS) is 1. The van der Waals surface area contributed by atoms with Gasteiger partial charge in [0, 0.05) is 29.2 Å². The van der Waals surface area contributed by atoms with Crippen molar-refractivity contribution in [1.29, 1.82) is 0 Å².